The lowest BCUT2D eigenvalue weighted by atomic mass is 9.94. The molecule has 1 saturated heterocycles. The molecular weight excluding hydrogens is 164 g/mol. The van der Waals surface area contributed by atoms with Gasteiger partial charge in [0.2, 0.25) is 0 Å². The Morgan fingerprint density at radius 3 is 2.85 bits per heavy atom. The van der Waals surface area contributed by atoms with Crippen LogP contribution in [0.25, 0.3) is 0 Å². The molecule has 1 heterocycles. The van der Waals surface area contributed by atoms with Crippen LogP contribution in [0, 0.1) is 5.92 Å². The van der Waals surface area contributed by atoms with Gasteiger partial charge in [-0.05, 0) is 25.3 Å². The number of nitrogens with two attached hydrogens (primary N) is 1. The van der Waals surface area contributed by atoms with Crippen LogP contribution in [0.3, 0.4) is 0 Å². The highest BCUT2D eigenvalue weighted by atomic mass is 16.3. The van der Waals surface area contributed by atoms with Crippen molar-refractivity contribution >= 4 is 0 Å². The summed E-state index contributed by atoms with van der Waals surface area (Å²) in [5.74, 6) is 0.634. The number of nitrogens with zero attached hydrogens (tertiary/aromatic N) is 1. The molecule has 0 aromatic rings. The van der Waals surface area contributed by atoms with Gasteiger partial charge < -0.3 is 10.8 Å². The Balaban J connectivity index is 2.29. The number of rotatable bonds is 3. The number of hydrogen-bond acceptors (Lipinski definition) is 3. The molecular formula is C10H22N2O. The Bertz CT molecular complexity index is 150. The molecule has 3 nitrogen and oxygen atoms in total. The SMILES string of the molecule is CC[C@H](O)CN1CCC(C)C(N)C1. The fraction of sp³-hybridized carbons (Fsp3) is 1.00. The molecule has 0 aromatic heterocycles. The molecule has 0 spiro atoms. The predicted octanol–water partition coefficient (Wildman–Crippen LogP) is 0.426. The second-order valence-corrected chi connectivity index (χ2v) is 4.25. The topological polar surface area (TPSA) is 49.5 Å². The van der Waals surface area contributed by atoms with Gasteiger partial charge in [0.05, 0.1) is 6.10 Å². The van der Waals surface area contributed by atoms with E-state index in [2.05, 4.69) is 11.8 Å². The van der Waals surface area contributed by atoms with Crippen LogP contribution in [0.2, 0.25) is 0 Å². The molecule has 0 bridgehead atoms. The Morgan fingerprint density at radius 2 is 2.31 bits per heavy atom. The van der Waals surface area contributed by atoms with Gasteiger partial charge in [0.1, 0.15) is 0 Å². The summed E-state index contributed by atoms with van der Waals surface area (Å²) < 4.78 is 0. The van der Waals surface area contributed by atoms with Gasteiger partial charge >= 0.3 is 0 Å². The molecule has 3 atom stereocenters. The fourth-order valence-electron chi connectivity index (χ4n) is 1.76. The number of likely N-dealkylation sites (tertiary alicyclic amines) is 1. The van der Waals surface area contributed by atoms with Crippen molar-refractivity contribution in [3.63, 3.8) is 0 Å². The van der Waals surface area contributed by atoms with E-state index in [-0.39, 0.29) is 12.1 Å². The summed E-state index contributed by atoms with van der Waals surface area (Å²) in [7, 11) is 0. The molecule has 78 valence electrons. The van der Waals surface area contributed by atoms with Gasteiger partial charge in [0.15, 0.2) is 0 Å². The second-order valence-electron chi connectivity index (χ2n) is 4.25. The second kappa shape index (κ2) is 4.94. The van der Waals surface area contributed by atoms with Crippen molar-refractivity contribution < 1.29 is 5.11 Å². The summed E-state index contributed by atoms with van der Waals surface area (Å²) in [6.45, 7) is 7.04. The maximum atomic E-state index is 9.48. The largest absolute Gasteiger partial charge is 0.392 e. The number of aliphatic hydroxyl groups is 1. The Morgan fingerprint density at radius 1 is 1.62 bits per heavy atom. The van der Waals surface area contributed by atoms with Crippen molar-refractivity contribution in [3.8, 4) is 0 Å². The summed E-state index contributed by atoms with van der Waals surface area (Å²) in [5, 5.41) is 9.48. The van der Waals surface area contributed by atoms with Crippen LogP contribution >= 0.6 is 0 Å². The third-order valence-corrected chi connectivity index (χ3v) is 3.04. The summed E-state index contributed by atoms with van der Waals surface area (Å²) in [4.78, 5) is 2.28. The molecule has 1 aliphatic rings. The van der Waals surface area contributed by atoms with Crippen LogP contribution in [0.15, 0.2) is 0 Å². The summed E-state index contributed by atoms with van der Waals surface area (Å²) >= 11 is 0. The number of aliphatic hydroxyl groups excluding tert-OH is 1. The minimum Gasteiger partial charge on any atom is -0.392 e. The highest BCUT2D eigenvalue weighted by molar-refractivity contribution is 4.81. The maximum Gasteiger partial charge on any atom is 0.0664 e. The van der Waals surface area contributed by atoms with E-state index in [1.165, 1.54) is 0 Å². The van der Waals surface area contributed by atoms with Crippen molar-refractivity contribution in [2.45, 2.75) is 38.8 Å². The highest BCUT2D eigenvalue weighted by Gasteiger charge is 2.23. The molecule has 13 heavy (non-hydrogen) atoms. The fourth-order valence-corrected chi connectivity index (χ4v) is 1.76. The highest BCUT2D eigenvalue weighted by Crippen LogP contribution is 2.15. The lowest BCUT2D eigenvalue weighted by Crippen LogP contribution is -2.49. The number of hydrogen-bond donors (Lipinski definition) is 2. The van der Waals surface area contributed by atoms with Crippen molar-refractivity contribution in [1.82, 2.24) is 4.90 Å². The van der Waals surface area contributed by atoms with Crippen LogP contribution in [-0.4, -0.2) is 41.8 Å². The van der Waals surface area contributed by atoms with E-state index in [1.807, 2.05) is 6.92 Å². The lowest BCUT2D eigenvalue weighted by molar-refractivity contribution is 0.0816. The Hall–Kier alpha value is -0.120. The Kier molecular flexibility index (Phi) is 4.16. The van der Waals surface area contributed by atoms with Gasteiger partial charge in [-0.25, -0.2) is 0 Å². The molecule has 1 aliphatic heterocycles. The lowest BCUT2D eigenvalue weighted by Gasteiger charge is -2.35. The van der Waals surface area contributed by atoms with E-state index in [9.17, 15) is 5.11 Å². The van der Waals surface area contributed by atoms with Gasteiger partial charge in [-0.15, -0.1) is 0 Å². The molecule has 1 fully saturated rings. The third kappa shape index (κ3) is 3.25. The van der Waals surface area contributed by atoms with Crippen LogP contribution in [0.1, 0.15) is 26.7 Å². The zero-order valence-corrected chi connectivity index (χ0v) is 8.74. The Labute approximate surface area is 80.9 Å². The standard InChI is InChI=1S/C10H22N2O/c1-3-9(13)6-12-5-4-8(2)10(11)7-12/h8-10,13H,3-7,11H2,1-2H3/t8?,9-,10?/m0/s1. The van der Waals surface area contributed by atoms with E-state index >= 15 is 0 Å². The zero-order chi connectivity index (χ0) is 9.84. The van der Waals surface area contributed by atoms with Crippen molar-refractivity contribution in [1.29, 1.82) is 0 Å². The van der Waals surface area contributed by atoms with Gasteiger partial charge in [-0.1, -0.05) is 13.8 Å². The smallest absolute Gasteiger partial charge is 0.0664 e. The van der Waals surface area contributed by atoms with Crippen LogP contribution in [-0.2, 0) is 0 Å². The van der Waals surface area contributed by atoms with Gasteiger partial charge in [-0.3, -0.25) is 4.90 Å². The zero-order valence-electron chi connectivity index (χ0n) is 8.74. The van der Waals surface area contributed by atoms with E-state index in [0.29, 0.717) is 5.92 Å². The van der Waals surface area contributed by atoms with E-state index in [1.54, 1.807) is 0 Å². The van der Waals surface area contributed by atoms with Crippen LogP contribution < -0.4 is 5.73 Å². The molecule has 0 aliphatic carbocycles. The summed E-state index contributed by atoms with van der Waals surface area (Å²) in [6.07, 6.45) is 1.82. The average Bonchev–Trinajstić information content (AvgIpc) is 2.11. The van der Waals surface area contributed by atoms with Crippen LogP contribution in [0.4, 0.5) is 0 Å². The molecule has 0 amide bonds. The van der Waals surface area contributed by atoms with E-state index in [0.717, 1.165) is 32.5 Å². The molecule has 0 aromatic carbocycles. The molecule has 0 radical (unpaired) electrons. The molecule has 2 unspecified atom stereocenters. The molecule has 3 heteroatoms. The quantitative estimate of drug-likeness (QED) is 0.672. The molecule has 0 saturated carbocycles. The van der Waals surface area contributed by atoms with Crippen molar-refractivity contribution in [2.75, 3.05) is 19.6 Å². The summed E-state index contributed by atoms with van der Waals surface area (Å²) in [5.41, 5.74) is 5.96. The normalized spacial score (nSPS) is 33.2. The van der Waals surface area contributed by atoms with Gasteiger partial charge in [0.25, 0.3) is 0 Å². The first-order valence-electron chi connectivity index (χ1n) is 5.29. The minimum absolute atomic E-state index is 0.180. The first-order chi connectivity index (χ1) is 6.13. The predicted molar refractivity (Wildman–Crippen MR) is 54.5 cm³/mol. The maximum absolute atomic E-state index is 9.48. The molecule has 1 rings (SSSR count). The minimum atomic E-state index is -0.180. The average molecular weight is 186 g/mol. The number of β-amino-alcohol motifs (C(OH)–C–C–N with tert-alkyl or cyclic N) is 1. The first kappa shape index (κ1) is 11.0. The van der Waals surface area contributed by atoms with Gasteiger partial charge in [-0.2, -0.15) is 0 Å². The first-order valence-corrected chi connectivity index (χ1v) is 5.29. The van der Waals surface area contributed by atoms with Crippen molar-refractivity contribution in [3.05, 3.63) is 0 Å². The van der Waals surface area contributed by atoms with Crippen molar-refractivity contribution in [2.24, 2.45) is 11.7 Å². The monoisotopic (exact) mass is 186 g/mol. The number of piperidine rings is 1. The molecule has 3 N–H and O–H groups in total. The van der Waals surface area contributed by atoms with Crippen LogP contribution in [0.5, 0.6) is 0 Å². The van der Waals surface area contributed by atoms with E-state index < -0.39 is 0 Å². The summed E-state index contributed by atoms with van der Waals surface area (Å²) in [6, 6.07) is 0.290. The van der Waals surface area contributed by atoms with E-state index in [4.69, 9.17) is 5.73 Å². The van der Waals surface area contributed by atoms with Gasteiger partial charge in [0, 0.05) is 19.1 Å². The third-order valence-electron chi connectivity index (χ3n) is 3.04.